The fourth-order valence-corrected chi connectivity index (χ4v) is 3.18. The zero-order valence-electron chi connectivity index (χ0n) is 17.2. The Morgan fingerprint density at radius 1 is 1.26 bits per heavy atom. The summed E-state index contributed by atoms with van der Waals surface area (Å²) in [6, 6.07) is 0. The third-order valence-electron chi connectivity index (χ3n) is 4.23. The van der Waals surface area contributed by atoms with Crippen LogP contribution in [0, 0.1) is 0 Å². The minimum atomic E-state index is -0.994. The Balaban J connectivity index is 0.000000279. The number of rotatable bonds is 6. The molecule has 2 nitrogen and oxygen atoms in total. The molecule has 2 rings (SSSR count). The van der Waals surface area contributed by atoms with Crippen molar-refractivity contribution < 1.29 is 9.13 Å². The maximum absolute atomic E-state index is 13.6. The van der Waals surface area contributed by atoms with Gasteiger partial charge in [-0.2, -0.15) is 0 Å². The summed E-state index contributed by atoms with van der Waals surface area (Å²) in [7, 11) is 1.87. The number of ether oxygens (including phenoxy) is 1. The van der Waals surface area contributed by atoms with Crippen molar-refractivity contribution in [3.05, 3.63) is 82.4 Å². The van der Waals surface area contributed by atoms with Gasteiger partial charge in [0.05, 0.1) is 0 Å². The number of nitrogens with one attached hydrogen (secondary N) is 1. The third-order valence-corrected chi connectivity index (χ3v) is 5.04. The number of hydrogen-bond acceptors (Lipinski definition) is 3. The van der Waals surface area contributed by atoms with Crippen molar-refractivity contribution in [2.24, 2.45) is 0 Å². The molecule has 27 heavy (non-hydrogen) atoms. The Bertz CT molecular complexity index is 710. The van der Waals surface area contributed by atoms with Gasteiger partial charge in [-0.1, -0.05) is 30.9 Å². The van der Waals surface area contributed by atoms with Crippen LogP contribution >= 0.6 is 11.8 Å². The summed E-state index contributed by atoms with van der Waals surface area (Å²) in [6.45, 7) is 13.9. The van der Waals surface area contributed by atoms with E-state index in [4.69, 9.17) is 4.74 Å². The minimum Gasteiger partial charge on any atom is -0.459 e. The summed E-state index contributed by atoms with van der Waals surface area (Å²) in [5.41, 5.74) is 4.20. The van der Waals surface area contributed by atoms with Crippen LogP contribution in [0.4, 0.5) is 4.39 Å². The van der Waals surface area contributed by atoms with E-state index >= 15 is 0 Å². The molecule has 0 saturated carbocycles. The monoisotopic (exact) mass is 389 g/mol. The zero-order valence-corrected chi connectivity index (χ0v) is 18.0. The van der Waals surface area contributed by atoms with E-state index < -0.39 is 6.17 Å². The molecule has 0 saturated heterocycles. The van der Waals surface area contributed by atoms with Crippen LogP contribution in [0.5, 0.6) is 0 Å². The summed E-state index contributed by atoms with van der Waals surface area (Å²) in [4.78, 5) is 1.25. The van der Waals surface area contributed by atoms with Gasteiger partial charge in [0.15, 0.2) is 6.17 Å². The Labute approximate surface area is 168 Å². The smallest absolute Gasteiger partial charge is 0.161 e. The molecule has 0 aromatic heterocycles. The first-order valence-corrected chi connectivity index (χ1v) is 10.4. The largest absolute Gasteiger partial charge is 0.459 e. The van der Waals surface area contributed by atoms with E-state index in [-0.39, 0.29) is 0 Å². The Hall–Kier alpha value is -1.94. The average molecular weight is 390 g/mol. The van der Waals surface area contributed by atoms with Crippen molar-refractivity contribution in [2.75, 3.05) is 13.3 Å². The van der Waals surface area contributed by atoms with E-state index in [2.05, 4.69) is 31.7 Å². The lowest BCUT2D eigenvalue weighted by Crippen LogP contribution is -2.11. The molecule has 2 aliphatic carbocycles. The predicted octanol–water partition coefficient (Wildman–Crippen LogP) is 6.74. The van der Waals surface area contributed by atoms with Gasteiger partial charge < -0.3 is 10.1 Å². The van der Waals surface area contributed by atoms with Gasteiger partial charge in [0, 0.05) is 24.7 Å². The molecule has 4 heteroatoms. The molecular weight excluding hydrogens is 357 g/mol. The molecular formula is C23H32FNOS. The number of alkyl halides is 1. The molecule has 0 amide bonds. The van der Waals surface area contributed by atoms with Crippen LogP contribution in [-0.2, 0) is 4.74 Å². The second-order valence-corrected chi connectivity index (χ2v) is 7.61. The molecule has 0 aliphatic heterocycles. The maximum Gasteiger partial charge on any atom is 0.161 e. The number of allylic oxidation sites excluding steroid dienone is 9. The van der Waals surface area contributed by atoms with E-state index in [1.165, 1.54) is 4.91 Å². The highest BCUT2D eigenvalue weighted by Crippen LogP contribution is 2.26. The number of hydrogen-bond donors (Lipinski definition) is 1. The summed E-state index contributed by atoms with van der Waals surface area (Å²) >= 11 is 1.72. The Morgan fingerprint density at radius 2 is 1.96 bits per heavy atom. The highest BCUT2D eigenvalue weighted by molar-refractivity contribution is 8.02. The van der Waals surface area contributed by atoms with E-state index in [0.29, 0.717) is 12.2 Å². The summed E-state index contributed by atoms with van der Waals surface area (Å²) in [5.74, 6) is 1.20. The molecule has 0 bridgehead atoms. The molecule has 0 aromatic rings. The van der Waals surface area contributed by atoms with E-state index in [1.54, 1.807) is 17.8 Å². The van der Waals surface area contributed by atoms with Gasteiger partial charge in [-0.15, -0.1) is 11.8 Å². The average Bonchev–Trinajstić information content (AvgIpc) is 2.65. The van der Waals surface area contributed by atoms with E-state index in [9.17, 15) is 4.39 Å². The first kappa shape index (κ1) is 23.1. The third kappa shape index (κ3) is 7.67. The molecule has 1 N–H and O–H groups in total. The fourth-order valence-electron chi connectivity index (χ4n) is 2.68. The molecule has 148 valence electrons. The highest BCUT2D eigenvalue weighted by Gasteiger charge is 2.19. The standard InChI is InChI=1S/C13H15FO.C10H17NS/c1-10-7-8-13(12(14)9-10)15-11-5-3-2-4-6-11;1-7(2)10(8(3)11-5)9(4)12-6/h3,5-8,12H,2,4,9H2,1H3;11H,1,3H2,2,4-6H3/b;10-9+. The second-order valence-electron chi connectivity index (χ2n) is 6.59. The lowest BCUT2D eigenvalue weighted by molar-refractivity contribution is 0.216. The van der Waals surface area contributed by atoms with Crippen LogP contribution in [0.3, 0.4) is 0 Å². The molecule has 2 aliphatic rings. The predicted molar refractivity (Wildman–Crippen MR) is 118 cm³/mol. The van der Waals surface area contributed by atoms with Gasteiger partial charge in [0.25, 0.3) is 0 Å². The van der Waals surface area contributed by atoms with Crippen molar-refractivity contribution in [1.82, 2.24) is 5.32 Å². The topological polar surface area (TPSA) is 21.3 Å². The number of likely N-dealkylation sites (N-methyl/N-ethyl adjacent to an activating group) is 1. The lowest BCUT2D eigenvalue weighted by atomic mass is 10.0. The van der Waals surface area contributed by atoms with Gasteiger partial charge in [-0.05, 0) is 68.6 Å². The first-order chi connectivity index (χ1) is 12.8. The van der Waals surface area contributed by atoms with Crippen LogP contribution in [0.2, 0.25) is 0 Å². The van der Waals surface area contributed by atoms with Crippen LogP contribution in [0.15, 0.2) is 82.4 Å². The molecule has 0 aromatic carbocycles. The van der Waals surface area contributed by atoms with Crippen molar-refractivity contribution >= 4 is 11.8 Å². The normalized spacial score (nSPS) is 19.5. The van der Waals surface area contributed by atoms with E-state index in [0.717, 1.165) is 41.0 Å². The molecule has 1 unspecified atom stereocenters. The van der Waals surface area contributed by atoms with Crippen LogP contribution in [0.25, 0.3) is 0 Å². The van der Waals surface area contributed by atoms with Gasteiger partial charge in [0.1, 0.15) is 11.5 Å². The Morgan fingerprint density at radius 3 is 2.44 bits per heavy atom. The quantitative estimate of drug-likeness (QED) is 0.508. The molecule has 0 fully saturated rings. The van der Waals surface area contributed by atoms with Crippen LogP contribution in [-0.4, -0.2) is 19.5 Å². The van der Waals surface area contributed by atoms with Gasteiger partial charge in [0.2, 0.25) is 0 Å². The SMILES string of the molecule is C=C(C)/C(C(=C)NC)=C(/C)SC.CC1=CC=C(OC2=CCCC=C2)C(F)C1. The van der Waals surface area contributed by atoms with Gasteiger partial charge in [-0.25, -0.2) is 4.39 Å². The molecule has 1 atom stereocenters. The van der Waals surface area contributed by atoms with Crippen molar-refractivity contribution in [3.8, 4) is 0 Å². The lowest BCUT2D eigenvalue weighted by Gasteiger charge is -2.19. The molecule has 0 heterocycles. The van der Waals surface area contributed by atoms with Gasteiger partial charge in [-0.3, -0.25) is 0 Å². The highest BCUT2D eigenvalue weighted by atomic mass is 32.2. The maximum atomic E-state index is 13.6. The van der Waals surface area contributed by atoms with Crippen LogP contribution in [0.1, 0.15) is 40.0 Å². The number of thioether (sulfide) groups is 1. The fraction of sp³-hybridized carbons (Fsp3) is 0.391. The second kappa shape index (κ2) is 11.7. The van der Waals surface area contributed by atoms with E-state index in [1.807, 2.05) is 45.2 Å². The van der Waals surface area contributed by atoms with Crippen molar-refractivity contribution in [3.63, 3.8) is 0 Å². The zero-order chi connectivity index (χ0) is 20.4. The minimum absolute atomic E-state index is 0.429. The summed E-state index contributed by atoms with van der Waals surface area (Å²) < 4.78 is 19.1. The summed E-state index contributed by atoms with van der Waals surface area (Å²) in [5, 5.41) is 3.04. The van der Waals surface area contributed by atoms with Crippen molar-refractivity contribution in [1.29, 1.82) is 0 Å². The Kier molecular flexibility index (Phi) is 10.0. The number of halogens is 1. The first-order valence-electron chi connectivity index (χ1n) is 9.13. The molecule has 0 radical (unpaired) electrons. The van der Waals surface area contributed by atoms with Crippen LogP contribution < -0.4 is 5.32 Å². The van der Waals surface area contributed by atoms with Gasteiger partial charge >= 0.3 is 0 Å². The van der Waals surface area contributed by atoms with Crippen molar-refractivity contribution in [2.45, 2.75) is 46.2 Å². The molecule has 0 spiro atoms. The summed E-state index contributed by atoms with van der Waals surface area (Å²) in [6.07, 6.45) is 13.1.